The molecule has 23 heavy (non-hydrogen) atoms. The Morgan fingerprint density at radius 2 is 1.65 bits per heavy atom. The minimum atomic E-state index is -0.0244. The minimum Gasteiger partial charge on any atom is -0.295 e. The van der Waals surface area contributed by atoms with Gasteiger partial charge in [0, 0.05) is 23.5 Å². The molecule has 2 N–H and O–H groups in total. The fourth-order valence-corrected chi connectivity index (χ4v) is 2.28. The van der Waals surface area contributed by atoms with Crippen molar-refractivity contribution in [1.82, 2.24) is 29.6 Å². The lowest BCUT2D eigenvalue weighted by molar-refractivity contribution is 0.793. The first-order valence-electron chi connectivity index (χ1n) is 7.26. The molecule has 7 nitrogen and oxygen atoms in total. The molecule has 0 unspecified atom stereocenters. The van der Waals surface area contributed by atoms with Gasteiger partial charge < -0.3 is 0 Å². The molecular formula is C16H18N6O. The predicted molar refractivity (Wildman–Crippen MR) is 87.9 cm³/mol. The van der Waals surface area contributed by atoms with Gasteiger partial charge in [0.1, 0.15) is 5.82 Å². The average molecular weight is 310 g/mol. The van der Waals surface area contributed by atoms with E-state index in [0.29, 0.717) is 0 Å². The van der Waals surface area contributed by atoms with Gasteiger partial charge in [0.25, 0.3) is 5.56 Å². The fourth-order valence-electron chi connectivity index (χ4n) is 2.28. The summed E-state index contributed by atoms with van der Waals surface area (Å²) in [5.74, 6) is 0.797. The molecule has 0 aliphatic heterocycles. The molecule has 0 radical (unpaired) electrons. The minimum absolute atomic E-state index is 0.0244. The Labute approximate surface area is 132 Å². The molecule has 0 fully saturated rings. The Kier molecular flexibility index (Phi) is 3.84. The maximum absolute atomic E-state index is 11.4. The SMILES string of the molecule is Cc1cc(=O)n(-c2ccccc2)[nH]1.Cc1nc2cc(C)[nH]n2n1. The van der Waals surface area contributed by atoms with Crippen LogP contribution in [0.3, 0.4) is 0 Å². The quantitative estimate of drug-likeness (QED) is 0.565. The van der Waals surface area contributed by atoms with Crippen molar-refractivity contribution >= 4 is 5.65 Å². The lowest BCUT2D eigenvalue weighted by Crippen LogP contribution is -2.12. The van der Waals surface area contributed by atoms with E-state index in [1.807, 2.05) is 57.2 Å². The van der Waals surface area contributed by atoms with Crippen LogP contribution in [0.4, 0.5) is 0 Å². The number of para-hydroxylation sites is 1. The van der Waals surface area contributed by atoms with Gasteiger partial charge in [0.05, 0.1) is 5.69 Å². The third-order valence-electron chi connectivity index (χ3n) is 3.23. The van der Waals surface area contributed by atoms with Gasteiger partial charge in [0.2, 0.25) is 0 Å². The highest BCUT2D eigenvalue weighted by atomic mass is 16.1. The number of nitrogens with zero attached hydrogens (tertiary/aromatic N) is 4. The lowest BCUT2D eigenvalue weighted by Gasteiger charge is -1.99. The van der Waals surface area contributed by atoms with Crippen LogP contribution in [0.2, 0.25) is 0 Å². The first kappa shape index (κ1) is 14.8. The molecule has 1 aromatic carbocycles. The summed E-state index contributed by atoms with van der Waals surface area (Å²) in [6, 6.07) is 13.0. The second-order valence-corrected chi connectivity index (χ2v) is 5.32. The van der Waals surface area contributed by atoms with Gasteiger partial charge in [0.15, 0.2) is 5.65 Å². The summed E-state index contributed by atoms with van der Waals surface area (Å²) in [6.45, 7) is 5.71. The van der Waals surface area contributed by atoms with Crippen LogP contribution in [-0.2, 0) is 0 Å². The van der Waals surface area contributed by atoms with Crippen LogP contribution < -0.4 is 5.56 Å². The Morgan fingerprint density at radius 3 is 2.26 bits per heavy atom. The number of aromatic amines is 2. The van der Waals surface area contributed by atoms with Crippen molar-refractivity contribution in [2.24, 2.45) is 0 Å². The van der Waals surface area contributed by atoms with Gasteiger partial charge in [-0.1, -0.05) is 18.2 Å². The van der Waals surface area contributed by atoms with Gasteiger partial charge in [-0.25, -0.2) is 9.67 Å². The second kappa shape index (κ2) is 5.96. The van der Waals surface area contributed by atoms with Crippen LogP contribution in [0.25, 0.3) is 11.3 Å². The van der Waals surface area contributed by atoms with Crippen LogP contribution in [-0.4, -0.2) is 29.6 Å². The van der Waals surface area contributed by atoms with E-state index in [9.17, 15) is 4.79 Å². The number of hydrogen-bond acceptors (Lipinski definition) is 3. The molecule has 0 saturated carbocycles. The van der Waals surface area contributed by atoms with Crippen LogP contribution in [0, 0.1) is 20.8 Å². The standard InChI is InChI=1S/C10H10N2O.C6H8N4/c1-8-7-10(13)12(11-8)9-5-3-2-4-6-9;1-4-3-6-7-5(2)9-10(6)8-4/h2-7,11H,1H3;3,8H,1-2H3. The van der Waals surface area contributed by atoms with E-state index in [1.54, 1.807) is 10.7 Å². The van der Waals surface area contributed by atoms with Crippen LogP contribution >= 0.6 is 0 Å². The van der Waals surface area contributed by atoms with E-state index in [2.05, 4.69) is 20.3 Å². The molecule has 118 valence electrons. The molecule has 3 aromatic heterocycles. The molecular weight excluding hydrogens is 292 g/mol. The molecule has 0 bridgehead atoms. The molecule has 0 atom stereocenters. The van der Waals surface area contributed by atoms with Gasteiger partial charge in [-0.05, 0) is 32.9 Å². The maximum atomic E-state index is 11.4. The summed E-state index contributed by atoms with van der Waals surface area (Å²) in [7, 11) is 0. The van der Waals surface area contributed by atoms with E-state index >= 15 is 0 Å². The molecule has 3 heterocycles. The van der Waals surface area contributed by atoms with Crippen molar-refractivity contribution in [2.75, 3.05) is 0 Å². The van der Waals surface area contributed by atoms with E-state index in [1.165, 1.54) is 4.68 Å². The van der Waals surface area contributed by atoms with E-state index in [-0.39, 0.29) is 5.56 Å². The predicted octanol–water partition coefficient (Wildman–Crippen LogP) is 2.15. The molecule has 0 amide bonds. The Hall–Kier alpha value is -3.09. The van der Waals surface area contributed by atoms with Crippen molar-refractivity contribution in [3.8, 4) is 5.69 Å². The number of benzene rings is 1. The fraction of sp³-hybridized carbons (Fsp3) is 0.188. The molecule has 0 aliphatic rings. The summed E-state index contributed by atoms with van der Waals surface area (Å²) in [6.07, 6.45) is 0. The van der Waals surface area contributed by atoms with Gasteiger partial charge in [-0.3, -0.25) is 15.0 Å². The summed E-state index contributed by atoms with van der Waals surface area (Å²) >= 11 is 0. The zero-order valence-electron chi connectivity index (χ0n) is 13.2. The summed E-state index contributed by atoms with van der Waals surface area (Å²) in [5.41, 5.74) is 3.67. The molecule has 4 rings (SSSR count). The third-order valence-corrected chi connectivity index (χ3v) is 3.23. The second-order valence-electron chi connectivity index (χ2n) is 5.32. The highest BCUT2D eigenvalue weighted by Crippen LogP contribution is 2.02. The van der Waals surface area contributed by atoms with Crippen LogP contribution in [0.5, 0.6) is 0 Å². The average Bonchev–Trinajstić information content (AvgIpc) is 3.12. The zero-order valence-corrected chi connectivity index (χ0v) is 13.2. The number of nitrogens with one attached hydrogen (secondary N) is 2. The molecule has 0 saturated heterocycles. The summed E-state index contributed by atoms with van der Waals surface area (Å²) < 4.78 is 3.19. The van der Waals surface area contributed by atoms with Crippen molar-refractivity contribution in [3.05, 3.63) is 70.0 Å². The van der Waals surface area contributed by atoms with Crippen molar-refractivity contribution in [3.63, 3.8) is 0 Å². The summed E-state index contributed by atoms with van der Waals surface area (Å²) in [5, 5.41) is 10.1. The summed E-state index contributed by atoms with van der Waals surface area (Å²) in [4.78, 5) is 15.5. The van der Waals surface area contributed by atoms with Crippen molar-refractivity contribution in [2.45, 2.75) is 20.8 Å². The number of H-pyrrole nitrogens is 2. The zero-order chi connectivity index (χ0) is 16.4. The Morgan fingerprint density at radius 1 is 0.957 bits per heavy atom. The topological polar surface area (TPSA) is 83.8 Å². The Balaban J connectivity index is 0.000000140. The molecule has 0 spiro atoms. The molecule has 0 aliphatic carbocycles. The number of aromatic nitrogens is 6. The van der Waals surface area contributed by atoms with Gasteiger partial charge in [-0.2, -0.15) is 4.63 Å². The van der Waals surface area contributed by atoms with Crippen LogP contribution in [0.1, 0.15) is 17.2 Å². The first-order chi connectivity index (χ1) is 11.0. The lowest BCUT2D eigenvalue weighted by atomic mass is 10.3. The van der Waals surface area contributed by atoms with E-state index in [4.69, 9.17) is 0 Å². The first-order valence-corrected chi connectivity index (χ1v) is 7.26. The van der Waals surface area contributed by atoms with E-state index < -0.39 is 0 Å². The Bertz CT molecular complexity index is 910. The monoisotopic (exact) mass is 310 g/mol. The largest absolute Gasteiger partial charge is 0.295 e. The van der Waals surface area contributed by atoms with Crippen molar-refractivity contribution < 1.29 is 0 Å². The highest BCUT2D eigenvalue weighted by molar-refractivity contribution is 5.37. The highest BCUT2D eigenvalue weighted by Gasteiger charge is 2.00. The number of fused-ring (bicyclic) bond motifs is 1. The maximum Gasteiger partial charge on any atom is 0.271 e. The number of rotatable bonds is 1. The smallest absolute Gasteiger partial charge is 0.271 e. The van der Waals surface area contributed by atoms with E-state index in [0.717, 1.165) is 28.5 Å². The normalized spacial score (nSPS) is 10.6. The molecule has 4 aromatic rings. The van der Waals surface area contributed by atoms with Gasteiger partial charge >= 0.3 is 0 Å². The third kappa shape index (κ3) is 3.23. The molecule has 7 heteroatoms. The number of hydrogen-bond donors (Lipinski definition) is 2. The van der Waals surface area contributed by atoms with Crippen molar-refractivity contribution in [1.29, 1.82) is 0 Å². The van der Waals surface area contributed by atoms with Crippen LogP contribution in [0.15, 0.2) is 47.3 Å². The van der Waals surface area contributed by atoms with Gasteiger partial charge in [-0.15, -0.1) is 5.10 Å². The number of aryl methyl sites for hydroxylation is 3.